The molecule has 1 amide bonds. The highest BCUT2D eigenvalue weighted by molar-refractivity contribution is 5.78. The summed E-state index contributed by atoms with van der Waals surface area (Å²) in [5, 5.41) is 0. The summed E-state index contributed by atoms with van der Waals surface area (Å²) in [5.74, 6) is 0.351. The van der Waals surface area contributed by atoms with Gasteiger partial charge in [-0.25, -0.2) is 0 Å². The van der Waals surface area contributed by atoms with E-state index in [1.807, 2.05) is 13.8 Å². The van der Waals surface area contributed by atoms with E-state index >= 15 is 0 Å². The summed E-state index contributed by atoms with van der Waals surface area (Å²) in [7, 11) is 2.15. The molecule has 1 saturated heterocycles. The summed E-state index contributed by atoms with van der Waals surface area (Å²) < 4.78 is 0. The van der Waals surface area contributed by atoms with Crippen LogP contribution >= 0.6 is 0 Å². The van der Waals surface area contributed by atoms with Crippen molar-refractivity contribution >= 4 is 5.91 Å². The Balaban J connectivity index is 0. The third-order valence-electron chi connectivity index (χ3n) is 14.5. The summed E-state index contributed by atoms with van der Waals surface area (Å²) in [6.45, 7) is 33.6. The number of likely N-dealkylation sites (N-methyl/N-ethyl adjacent to an activating group) is 1. The molecule has 0 N–H and O–H groups in total. The average Bonchev–Trinajstić information content (AvgIpc) is 3.35. The lowest BCUT2D eigenvalue weighted by atomic mass is 10.1. The molecule has 0 aliphatic carbocycles. The van der Waals surface area contributed by atoms with Crippen molar-refractivity contribution in [2.45, 2.75) is 292 Å². The summed E-state index contributed by atoms with van der Waals surface area (Å²) in [6.07, 6.45) is 54.9. The van der Waals surface area contributed by atoms with Crippen molar-refractivity contribution in [2.75, 3.05) is 92.1 Å². The highest BCUT2D eigenvalue weighted by Gasteiger charge is 2.21. The SMILES string of the molecule is C=CCN(CCCCCCCCCCCC)CCN(CCCCCCCCC)CCCCCCCCC.CC.CCCCCCCCCN(CCCCCCCCC)CC(=O)N1CCN(C)CC1. The van der Waals surface area contributed by atoms with E-state index in [4.69, 9.17) is 0 Å². The van der Waals surface area contributed by atoms with Crippen molar-refractivity contribution in [1.29, 1.82) is 0 Å². The standard InChI is InChI=1S/C35H72N2.C25H51N3O.C2H6/c1-5-9-12-15-18-19-20-23-26-27-31-36(30-8-4)34-35-37(32-28-24-21-16-13-10-6-2)33-29-25-22-17-14-11-7-3;1-4-6-8-10-12-14-16-18-27(19-17-15-13-11-9-7-5-2)24-25(29)28-22-20-26(3)21-23-28;1-2/h8H,4-7,9-35H2,1-3H3;4-24H2,1-3H3;1-2H3. The second-order valence-corrected chi connectivity index (χ2v) is 21.1. The van der Waals surface area contributed by atoms with Gasteiger partial charge in [0.15, 0.2) is 0 Å². The molecule has 0 spiro atoms. The summed E-state index contributed by atoms with van der Waals surface area (Å²) in [5.41, 5.74) is 0. The van der Waals surface area contributed by atoms with E-state index < -0.39 is 0 Å². The van der Waals surface area contributed by atoms with Gasteiger partial charge >= 0.3 is 0 Å². The molecule has 1 rings (SSSR count). The number of carbonyl (C=O) groups excluding carboxylic acids is 1. The van der Waals surface area contributed by atoms with Gasteiger partial charge in [0.2, 0.25) is 5.91 Å². The molecule has 0 aromatic heterocycles. The number of hydrogen-bond donors (Lipinski definition) is 0. The Morgan fingerprint density at radius 3 is 0.912 bits per heavy atom. The van der Waals surface area contributed by atoms with Crippen LogP contribution in [0.3, 0.4) is 0 Å². The first kappa shape index (κ1) is 69.1. The first-order chi connectivity index (χ1) is 33.4. The number of amides is 1. The largest absolute Gasteiger partial charge is 0.339 e. The zero-order valence-corrected chi connectivity index (χ0v) is 48.5. The summed E-state index contributed by atoms with van der Waals surface area (Å²) in [6, 6.07) is 0. The van der Waals surface area contributed by atoms with Crippen LogP contribution < -0.4 is 0 Å². The van der Waals surface area contributed by atoms with Crippen LogP contribution in [0.15, 0.2) is 12.7 Å². The molecule has 0 bridgehead atoms. The highest BCUT2D eigenvalue weighted by atomic mass is 16.2. The van der Waals surface area contributed by atoms with Gasteiger partial charge in [-0.2, -0.15) is 0 Å². The molecule has 0 saturated carbocycles. The van der Waals surface area contributed by atoms with E-state index in [2.05, 4.69) is 78.8 Å². The van der Waals surface area contributed by atoms with Crippen LogP contribution in [0.5, 0.6) is 0 Å². The molecule has 0 radical (unpaired) electrons. The number of unbranched alkanes of at least 4 members (excludes halogenated alkanes) is 33. The highest BCUT2D eigenvalue weighted by Crippen LogP contribution is 2.15. The quantitative estimate of drug-likeness (QED) is 0.0448. The van der Waals surface area contributed by atoms with E-state index in [1.54, 1.807) is 0 Å². The van der Waals surface area contributed by atoms with E-state index in [9.17, 15) is 4.79 Å². The maximum Gasteiger partial charge on any atom is 0.236 e. The second kappa shape index (κ2) is 58.6. The van der Waals surface area contributed by atoms with Crippen LogP contribution in [-0.4, -0.2) is 123 Å². The molecule has 1 fully saturated rings. The summed E-state index contributed by atoms with van der Waals surface area (Å²) in [4.78, 5) is 25.1. The monoisotopic (exact) mass is 960 g/mol. The fourth-order valence-corrected chi connectivity index (χ4v) is 9.71. The fraction of sp³-hybridized carbons (Fsp3) is 0.952. The Hall–Kier alpha value is -0.950. The Kier molecular flexibility index (Phi) is 59.6. The molecule has 1 aliphatic rings. The molecular formula is C62H129N5O. The van der Waals surface area contributed by atoms with Gasteiger partial charge in [-0.1, -0.05) is 266 Å². The number of rotatable bonds is 50. The van der Waals surface area contributed by atoms with E-state index in [0.717, 1.165) is 45.8 Å². The van der Waals surface area contributed by atoms with Crippen LogP contribution in [0.1, 0.15) is 292 Å². The smallest absolute Gasteiger partial charge is 0.236 e. The maximum absolute atomic E-state index is 12.8. The van der Waals surface area contributed by atoms with Gasteiger partial charge in [0.05, 0.1) is 6.54 Å². The van der Waals surface area contributed by atoms with E-state index in [-0.39, 0.29) is 0 Å². The Morgan fingerprint density at radius 2 is 0.618 bits per heavy atom. The van der Waals surface area contributed by atoms with Gasteiger partial charge in [0.25, 0.3) is 0 Å². The van der Waals surface area contributed by atoms with Crippen LogP contribution in [0, 0.1) is 0 Å². The van der Waals surface area contributed by atoms with Crippen molar-refractivity contribution in [3.8, 4) is 0 Å². The number of nitrogens with zero attached hydrogens (tertiary/aromatic N) is 5. The van der Waals surface area contributed by atoms with Crippen molar-refractivity contribution in [3.05, 3.63) is 12.7 Å². The van der Waals surface area contributed by atoms with E-state index in [1.165, 1.54) is 277 Å². The van der Waals surface area contributed by atoms with Crippen LogP contribution in [0.4, 0.5) is 0 Å². The minimum atomic E-state index is 0.351. The normalized spacial score (nSPS) is 13.0. The van der Waals surface area contributed by atoms with Crippen molar-refractivity contribution < 1.29 is 4.79 Å². The topological polar surface area (TPSA) is 33.3 Å². The van der Waals surface area contributed by atoms with Crippen LogP contribution in [0.25, 0.3) is 0 Å². The molecule has 0 unspecified atom stereocenters. The van der Waals surface area contributed by atoms with Gasteiger partial charge < -0.3 is 14.7 Å². The Labute approximate surface area is 430 Å². The molecule has 0 aromatic carbocycles. The Bertz CT molecular complexity index is 918. The van der Waals surface area contributed by atoms with Gasteiger partial charge in [-0.05, 0) is 71.9 Å². The molecule has 6 heteroatoms. The lowest BCUT2D eigenvalue weighted by Gasteiger charge is -2.34. The minimum Gasteiger partial charge on any atom is -0.339 e. The fourth-order valence-electron chi connectivity index (χ4n) is 9.71. The molecular weight excluding hydrogens is 831 g/mol. The lowest BCUT2D eigenvalue weighted by Crippen LogP contribution is -2.50. The molecule has 6 nitrogen and oxygen atoms in total. The summed E-state index contributed by atoms with van der Waals surface area (Å²) >= 11 is 0. The van der Waals surface area contributed by atoms with Crippen molar-refractivity contribution in [3.63, 3.8) is 0 Å². The first-order valence-corrected chi connectivity index (χ1v) is 31.2. The third kappa shape index (κ3) is 50.0. The molecule has 408 valence electrons. The molecule has 1 aliphatic heterocycles. The molecule has 68 heavy (non-hydrogen) atoms. The number of carbonyl (C=O) groups is 1. The molecule has 1 heterocycles. The van der Waals surface area contributed by atoms with Gasteiger partial charge in [-0.3, -0.25) is 14.6 Å². The van der Waals surface area contributed by atoms with Gasteiger partial charge in [0, 0.05) is 45.8 Å². The van der Waals surface area contributed by atoms with Gasteiger partial charge in [-0.15, -0.1) is 6.58 Å². The second-order valence-electron chi connectivity index (χ2n) is 21.1. The molecule has 0 atom stereocenters. The number of hydrogen-bond acceptors (Lipinski definition) is 5. The van der Waals surface area contributed by atoms with Crippen LogP contribution in [0.2, 0.25) is 0 Å². The van der Waals surface area contributed by atoms with Crippen LogP contribution in [-0.2, 0) is 4.79 Å². The van der Waals surface area contributed by atoms with Crippen molar-refractivity contribution in [1.82, 2.24) is 24.5 Å². The predicted octanol–water partition coefficient (Wildman–Crippen LogP) is 17.8. The zero-order chi connectivity index (χ0) is 50.2. The average molecular weight is 961 g/mol. The molecule has 0 aromatic rings. The predicted molar refractivity (Wildman–Crippen MR) is 309 cm³/mol. The maximum atomic E-state index is 12.8. The number of piperazine rings is 1. The van der Waals surface area contributed by atoms with E-state index in [0.29, 0.717) is 12.5 Å². The van der Waals surface area contributed by atoms with Crippen molar-refractivity contribution in [2.24, 2.45) is 0 Å². The zero-order valence-electron chi connectivity index (χ0n) is 48.5. The minimum absolute atomic E-state index is 0.351. The third-order valence-corrected chi connectivity index (χ3v) is 14.5. The Morgan fingerprint density at radius 1 is 0.368 bits per heavy atom. The first-order valence-electron chi connectivity index (χ1n) is 31.2. The lowest BCUT2D eigenvalue weighted by molar-refractivity contribution is -0.134. The van der Waals surface area contributed by atoms with Gasteiger partial charge in [0.1, 0.15) is 0 Å².